The second-order valence-electron chi connectivity index (χ2n) is 7.37. The maximum absolute atomic E-state index is 12.8. The van der Waals surface area contributed by atoms with Crippen molar-refractivity contribution < 1.29 is 14.4 Å². The smallest absolute Gasteiger partial charge is 0.255 e. The molecule has 1 fully saturated rings. The lowest BCUT2D eigenvalue weighted by atomic mass is 10.0. The first-order chi connectivity index (χ1) is 14.0. The zero-order valence-electron chi connectivity index (χ0n) is 17.1. The van der Waals surface area contributed by atoms with Crippen LogP contribution in [0, 0.1) is 6.92 Å². The molecular formula is C23H27N3O3. The molecule has 2 aromatic rings. The van der Waals surface area contributed by atoms with Crippen LogP contribution in [-0.4, -0.2) is 42.6 Å². The van der Waals surface area contributed by atoms with E-state index in [9.17, 15) is 9.59 Å². The summed E-state index contributed by atoms with van der Waals surface area (Å²) in [5.74, 6) is -0.140. The molecule has 3 rings (SSSR count). The van der Waals surface area contributed by atoms with Crippen molar-refractivity contribution in [2.45, 2.75) is 39.2 Å². The van der Waals surface area contributed by atoms with Crippen LogP contribution >= 0.6 is 0 Å². The quantitative estimate of drug-likeness (QED) is 0.610. The van der Waals surface area contributed by atoms with Gasteiger partial charge in [-0.05, 0) is 74.6 Å². The lowest BCUT2D eigenvalue weighted by Gasteiger charge is -2.33. The summed E-state index contributed by atoms with van der Waals surface area (Å²) in [7, 11) is 1.48. The highest BCUT2D eigenvalue weighted by atomic mass is 16.6. The molecule has 6 nitrogen and oxygen atoms in total. The maximum Gasteiger partial charge on any atom is 0.255 e. The Labute approximate surface area is 171 Å². The van der Waals surface area contributed by atoms with E-state index in [1.807, 2.05) is 17.9 Å². The standard InChI is InChI=1S/C23H27N3O3/c1-16-14-20(23(28)26-13-5-4-6-17(26)2)11-12-21(16)25-22(27)19-9-7-18(8-10-19)15-24-29-3/h7-12,14-15,17H,4-6,13H2,1-3H3,(H,25,27)/b24-15+. The number of amides is 2. The first-order valence-electron chi connectivity index (χ1n) is 9.89. The van der Waals surface area contributed by atoms with Crippen LogP contribution < -0.4 is 5.32 Å². The van der Waals surface area contributed by atoms with Gasteiger partial charge in [0.2, 0.25) is 0 Å². The molecule has 1 aliphatic heterocycles. The minimum absolute atomic E-state index is 0.0616. The first kappa shape index (κ1) is 20.6. The number of aryl methyl sites for hydroxylation is 1. The number of hydrogen-bond donors (Lipinski definition) is 1. The van der Waals surface area contributed by atoms with Gasteiger partial charge in [-0.3, -0.25) is 9.59 Å². The van der Waals surface area contributed by atoms with Crippen molar-refractivity contribution in [3.05, 3.63) is 64.7 Å². The molecule has 0 spiro atoms. The van der Waals surface area contributed by atoms with E-state index in [1.165, 1.54) is 13.5 Å². The third-order valence-corrected chi connectivity index (χ3v) is 5.27. The van der Waals surface area contributed by atoms with Crippen LogP contribution in [0.4, 0.5) is 5.69 Å². The molecule has 1 saturated heterocycles. The van der Waals surface area contributed by atoms with Gasteiger partial charge in [0.25, 0.3) is 11.8 Å². The topological polar surface area (TPSA) is 71.0 Å². The number of likely N-dealkylation sites (tertiary alicyclic amines) is 1. The normalized spacial score (nSPS) is 16.7. The van der Waals surface area contributed by atoms with Gasteiger partial charge in [-0.15, -0.1) is 0 Å². The fourth-order valence-electron chi connectivity index (χ4n) is 3.53. The minimum atomic E-state index is -0.202. The van der Waals surface area contributed by atoms with Crippen molar-refractivity contribution in [3.63, 3.8) is 0 Å². The second kappa shape index (κ2) is 9.37. The van der Waals surface area contributed by atoms with Gasteiger partial charge in [-0.1, -0.05) is 17.3 Å². The van der Waals surface area contributed by atoms with E-state index in [0.717, 1.165) is 30.5 Å². The predicted molar refractivity (Wildman–Crippen MR) is 115 cm³/mol. The summed E-state index contributed by atoms with van der Waals surface area (Å²) in [6, 6.07) is 12.8. The molecule has 0 aliphatic carbocycles. The Hall–Kier alpha value is -3.15. The molecule has 0 bridgehead atoms. The molecule has 2 aromatic carbocycles. The SMILES string of the molecule is CO/N=C/c1ccc(C(=O)Nc2ccc(C(=O)N3CCCCC3C)cc2C)cc1. The first-order valence-corrected chi connectivity index (χ1v) is 9.89. The summed E-state index contributed by atoms with van der Waals surface area (Å²) in [4.78, 5) is 32.0. The van der Waals surface area contributed by atoms with E-state index in [2.05, 4.69) is 22.2 Å². The van der Waals surface area contributed by atoms with Crippen LogP contribution in [0.15, 0.2) is 47.6 Å². The highest BCUT2D eigenvalue weighted by Crippen LogP contribution is 2.22. The van der Waals surface area contributed by atoms with Crippen LogP contribution in [0.25, 0.3) is 0 Å². The molecule has 1 unspecified atom stereocenters. The summed E-state index contributed by atoms with van der Waals surface area (Å²) in [6.45, 7) is 4.81. The average Bonchev–Trinajstić information content (AvgIpc) is 2.74. The number of carbonyl (C=O) groups is 2. The van der Waals surface area contributed by atoms with Gasteiger partial charge in [0.05, 0.1) is 6.21 Å². The van der Waals surface area contributed by atoms with Crippen LogP contribution in [0.5, 0.6) is 0 Å². The van der Waals surface area contributed by atoms with Gasteiger partial charge in [-0.2, -0.15) is 0 Å². The maximum atomic E-state index is 12.8. The molecule has 1 aliphatic rings. The average molecular weight is 393 g/mol. The van der Waals surface area contributed by atoms with E-state index in [0.29, 0.717) is 16.8 Å². The Kier molecular flexibility index (Phi) is 6.65. The summed E-state index contributed by atoms with van der Waals surface area (Å²) < 4.78 is 0. The monoisotopic (exact) mass is 393 g/mol. The van der Waals surface area contributed by atoms with Crippen LogP contribution in [0.2, 0.25) is 0 Å². The zero-order valence-corrected chi connectivity index (χ0v) is 17.1. The van der Waals surface area contributed by atoms with Gasteiger partial charge in [0.15, 0.2) is 0 Å². The molecule has 1 atom stereocenters. The van der Waals surface area contributed by atoms with Crippen LogP contribution in [-0.2, 0) is 4.84 Å². The van der Waals surface area contributed by atoms with Crippen molar-refractivity contribution >= 4 is 23.7 Å². The predicted octanol–water partition coefficient (Wildman–Crippen LogP) is 4.24. The zero-order chi connectivity index (χ0) is 20.8. The second-order valence-corrected chi connectivity index (χ2v) is 7.37. The van der Waals surface area contributed by atoms with Gasteiger partial charge in [0.1, 0.15) is 7.11 Å². The molecule has 0 aromatic heterocycles. The van der Waals surface area contributed by atoms with Crippen molar-refractivity contribution in [3.8, 4) is 0 Å². The molecule has 0 saturated carbocycles. The van der Waals surface area contributed by atoms with Crippen molar-refractivity contribution in [2.24, 2.45) is 5.16 Å². The lowest BCUT2D eigenvalue weighted by molar-refractivity contribution is 0.0635. The fraction of sp³-hybridized carbons (Fsp3) is 0.348. The summed E-state index contributed by atoms with van der Waals surface area (Å²) in [6.07, 6.45) is 4.86. The Morgan fingerprint density at radius 1 is 1.14 bits per heavy atom. The van der Waals surface area contributed by atoms with E-state index in [-0.39, 0.29) is 17.9 Å². The van der Waals surface area contributed by atoms with Crippen LogP contribution in [0.3, 0.4) is 0 Å². The highest BCUT2D eigenvalue weighted by molar-refractivity contribution is 6.05. The summed E-state index contributed by atoms with van der Waals surface area (Å²) in [5.41, 5.74) is 3.60. The Balaban J connectivity index is 1.69. The Morgan fingerprint density at radius 3 is 2.52 bits per heavy atom. The number of hydrogen-bond acceptors (Lipinski definition) is 4. The third kappa shape index (κ3) is 5.02. The van der Waals surface area contributed by atoms with Gasteiger partial charge >= 0.3 is 0 Å². The Bertz CT molecular complexity index is 906. The van der Waals surface area contributed by atoms with Gasteiger partial charge in [0, 0.05) is 29.4 Å². The van der Waals surface area contributed by atoms with Gasteiger partial charge in [-0.25, -0.2) is 0 Å². The van der Waals surface area contributed by atoms with E-state index in [4.69, 9.17) is 0 Å². The largest absolute Gasteiger partial charge is 0.399 e. The molecule has 0 radical (unpaired) electrons. The number of rotatable bonds is 5. The number of nitrogens with one attached hydrogen (secondary N) is 1. The molecular weight excluding hydrogens is 366 g/mol. The molecule has 1 N–H and O–H groups in total. The summed E-state index contributed by atoms with van der Waals surface area (Å²) >= 11 is 0. The molecule has 6 heteroatoms. The van der Waals surface area contributed by atoms with Crippen molar-refractivity contribution in [1.29, 1.82) is 0 Å². The Morgan fingerprint density at radius 2 is 1.86 bits per heavy atom. The molecule has 29 heavy (non-hydrogen) atoms. The summed E-state index contributed by atoms with van der Waals surface area (Å²) in [5, 5.41) is 6.62. The number of nitrogens with zero attached hydrogens (tertiary/aromatic N) is 2. The van der Waals surface area contributed by atoms with E-state index >= 15 is 0 Å². The minimum Gasteiger partial charge on any atom is -0.399 e. The highest BCUT2D eigenvalue weighted by Gasteiger charge is 2.24. The van der Waals surface area contributed by atoms with E-state index in [1.54, 1.807) is 42.6 Å². The van der Waals surface area contributed by atoms with Crippen molar-refractivity contribution in [2.75, 3.05) is 19.0 Å². The van der Waals surface area contributed by atoms with Gasteiger partial charge < -0.3 is 15.1 Å². The number of carbonyl (C=O) groups excluding carboxylic acids is 2. The number of oxime groups is 1. The van der Waals surface area contributed by atoms with Crippen LogP contribution in [0.1, 0.15) is 58.0 Å². The third-order valence-electron chi connectivity index (χ3n) is 5.27. The molecule has 1 heterocycles. The number of benzene rings is 2. The molecule has 152 valence electrons. The fourth-order valence-corrected chi connectivity index (χ4v) is 3.53. The lowest BCUT2D eigenvalue weighted by Crippen LogP contribution is -2.42. The van der Waals surface area contributed by atoms with Crippen molar-refractivity contribution in [1.82, 2.24) is 4.90 Å². The van der Waals surface area contributed by atoms with E-state index < -0.39 is 0 Å². The number of piperidine rings is 1. The molecule has 2 amide bonds. The number of anilines is 1.